The van der Waals surface area contributed by atoms with E-state index in [2.05, 4.69) is 17.6 Å². The molecule has 1 fully saturated rings. The number of nitrogens with zero attached hydrogens (tertiary/aromatic N) is 1. The predicted molar refractivity (Wildman–Crippen MR) is 184 cm³/mol. The van der Waals surface area contributed by atoms with Gasteiger partial charge in [-0.15, -0.1) is 0 Å². The molecule has 9 nitrogen and oxygen atoms in total. The molecule has 0 aliphatic carbocycles. The number of hydrogen-bond donors (Lipinski definition) is 3. The van der Waals surface area contributed by atoms with Crippen molar-refractivity contribution in [3.05, 3.63) is 155 Å². The number of aromatic nitrogens is 1. The molecule has 3 N–H and O–H groups in total. The molecule has 2 amide bonds. The number of hydrogen-bond acceptors (Lipinski definition) is 7. The fourth-order valence-corrected chi connectivity index (χ4v) is 6.46. The number of aliphatic hydroxyl groups is 1. The van der Waals surface area contributed by atoms with Crippen LogP contribution in [0.25, 0.3) is 0 Å². The number of ether oxygens (including phenoxy) is 3. The van der Waals surface area contributed by atoms with Gasteiger partial charge in [-0.3, -0.25) is 0 Å². The van der Waals surface area contributed by atoms with E-state index in [1.807, 2.05) is 84.9 Å². The van der Waals surface area contributed by atoms with E-state index in [1.54, 1.807) is 36.4 Å². The number of nitrogens with one attached hydrogen (secondary N) is 2. The topological polar surface area (TPSA) is 116 Å². The number of urea groups is 1. The largest absolute Gasteiger partial charge is 0.618 e. The number of rotatable bonds is 11. The van der Waals surface area contributed by atoms with Crippen molar-refractivity contribution in [2.24, 2.45) is 5.92 Å². The van der Waals surface area contributed by atoms with Crippen molar-refractivity contribution in [1.82, 2.24) is 5.32 Å². The first-order valence-corrected chi connectivity index (χ1v) is 16.7. The maximum atomic E-state index is 12.6. The molecule has 10 heteroatoms. The van der Waals surface area contributed by atoms with Gasteiger partial charge in [0.2, 0.25) is 0 Å². The van der Waals surface area contributed by atoms with Crippen molar-refractivity contribution in [3.8, 4) is 11.5 Å². The van der Waals surface area contributed by atoms with Gasteiger partial charge in [-0.1, -0.05) is 85.4 Å². The summed E-state index contributed by atoms with van der Waals surface area (Å²) in [5.74, 6) is 1.98. The highest BCUT2D eigenvalue weighted by Gasteiger charge is 2.38. The van der Waals surface area contributed by atoms with Crippen LogP contribution in [0.15, 0.2) is 133 Å². The zero-order chi connectivity index (χ0) is 33.3. The van der Waals surface area contributed by atoms with Gasteiger partial charge in [0.25, 0.3) is 5.03 Å². The van der Waals surface area contributed by atoms with Crippen LogP contribution in [0.4, 0.5) is 10.5 Å². The van der Waals surface area contributed by atoms with Crippen LogP contribution in [0.1, 0.15) is 41.6 Å². The Hall–Kier alpha value is -4.87. The van der Waals surface area contributed by atoms with Gasteiger partial charge in [0.15, 0.2) is 12.5 Å². The average Bonchev–Trinajstić information content (AvgIpc) is 3.12. The molecule has 0 spiro atoms. The second-order valence-electron chi connectivity index (χ2n) is 11.5. The second kappa shape index (κ2) is 15.8. The van der Waals surface area contributed by atoms with Crippen LogP contribution in [0.5, 0.6) is 11.5 Å². The summed E-state index contributed by atoms with van der Waals surface area (Å²) >= 11 is 1.46. The molecular weight excluding hydrogens is 627 g/mol. The van der Waals surface area contributed by atoms with E-state index in [0.29, 0.717) is 28.8 Å². The van der Waals surface area contributed by atoms with Crippen LogP contribution >= 0.6 is 11.8 Å². The van der Waals surface area contributed by atoms with Crippen molar-refractivity contribution in [1.29, 1.82) is 0 Å². The minimum absolute atomic E-state index is 0.00730. The number of amides is 2. The molecule has 2 heterocycles. The molecule has 4 atom stereocenters. The molecule has 5 aromatic rings. The molecule has 1 aliphatic heterocycles. The molecule has 4 aromatic carbocycles. The Balaban J connectivity index is 1.07. The summed E-state index contributed by atoms with van der Waals surface area (Å²) in [6, 6.07) is 37.3. The highest BCUT2D eigenvalue weighted by atomic mass is 32.2. The number of thioether (sulfide) groups is 1. The van der Waals surface area contributed by atoms with E-state index >= 15 is 0 Å². The Morgan fingerprint density at radius 3 is 2.21 bits per heavy atom. The van der Waals surface area contributed by atoms with Crippen LogP contribution < -0.4 is 20.1 Å². The number of anilines is 1. The highest BCUT2D eigenvalue weighted by molar-refractivity contribution is 7.99. The number of benzene rings is 4. The Labute approximate surface area is 284 Å². The summed E-state index contributed by atoms with van der Waals surface area (Å²) in [6.45, 7) is 2.39. The van der Waals surface area contributed by atoms with Gasteiger partial charge < -0.3 is 35.2 Å². The Morgan fingerprint density at radius 2 is 1.50 bits per heavy atom. The third-order valence-electron chi connectivity index (χ3n) is 8.10. The molecular formula is C38H37N3O6S. The minimum Gasteiger partial charge on any atom is -0.618 e. The molecule has 246 valence electrons. The average molecular weight is 664 g/mol. The van der Waals surface area contributed by atoms with Crippen molar-refractivity contribution >= 4 is 23.5 Å². The van der Waals surface area contributed by atoms with E-state index in [-0.39, 0.29) is 30.8 Å². The number of carbonyl (C=O) groups excluding carboxylic acids is 1. The number of carbonyl (C=O) groups is 1. The third kappa shape index (κ3) is 8.53. The number of pyridine rings is 1. The Kier molecular flexibility index (Phi) is 10.9. The zero-order valence-corrected chi connectivity index (χ0v) is 27.2. The van der Waals surface area contributed by atoms with Crippen LogP contribution in [-0.4, -0.2) is 23.0 Å². The monoisotopic (exact) mass is 663 g/mol. The quantitative estimate of drug-likeness (QED) is 0.0761. The maximum absolute atomic E-state index is 12.6. The SMILES string of the molecule is C[C@@H]1[C@H](CSc2cccc[n+]2[O-])O[C@H](c2ccc(CNC(=O)Nc3ccc(Oc4ccccc4)cc3)cc2)O[C@@H]1c1ccc(CO)cc1. The second-order valence-corrected chi connectivity index (χ2v) is 12.5. The molecule has 1 aromatic heterocycles. The lowest BCUT2D eigenvalue weighted by Crippen LogP contribution is -2.39. The number of para-hydroxylation sites is 1. The predicted octanol–water partition coefficient (Wildman–Crippen LogP) is 7.51. The zero-order valence-electron chi connectivity index (χ0n) is 26.4. The van der Waals surface area contributed by atoms with E-state index in [1.165, 1.54) is 18.0 Å². The highest BCUT2D eigenvalue weighted by Crippen LogP contribution is 2.43. The van der Waals surface area contributed by atoms with E-state index in [9.17, 15) is 15.1 Å². The van der Waals surface area contributed by atoms with Crippen molar-refractivity contribution in [3.63, 3.8) is 0 Å². The van der Waals surface area contributed by atoms with Gasteiger partial charge in [0.1, 0.15) is 11.5 Å². The van der Waals surface area contributed by atoms with Gasteiger partial charge in [-0.05, 0) is 59.2 Å². The molecule has 48 heavy (non-hydrogen) atoms. The lowest BCUT2D eigenvalue weighted by atomic mass is 9.91. The molecule has 0 unspecified atom stereocenters. The fourth-order valence-electron chi connectivity index (χ4n) is 5.38. The summed E-state index contributed by atoms with van der Waals surface area (Å²) in [5.41, 5.74) is 4.23. The maximum Gasteiger partial charge on any atom is 0.319 e. The lowest BCUT2D eigenvalue weighted by molar-refractivity contribution is -0.645. The van der Waals surface area contributed by atoms with Crippen molar-refractivity contribution < 1.29 is 28.8 Å². The van der Waals surface area contributed by atoms with Gasteiger partial charge in [-0.2, -0.15) is 4.73 Å². The van der Waals surface area contributed by atoms with Crippen LogP contribution in [0.3, 0.4) is 0 Å². The minimum atomic E-state index is -0.636. The van der Waals surface area contributed by atoms with Crippen LogP contribution in [-0.2, 0) is 22.6 Å². The van der Waals surface area contributed by atoms with E-state index < -0.39 is 6.29 Å². The smallest absolute Gasteiger partial charge is 0.319 e. The summed E-state index contributed by atoms with van der Waals surface area (Å²) in [7, 11) is 0. The lowest BCUT2D eigenvalue weighted by Gasteiger charge is -2.41. The van der Waals surface area contributed by atoms with Crippen molar-refractivity contribution in [2.45, 2.75) is 43.6 Å². The molecule has 0 saturated carbocycles. The fraction of sp³-hybridized carbons (Fsp3) is 0.211. The summed E-state index contributed by atoms with van der Waals surface area (Å²) in [5, 5.41) is 28.1. The normalized spacial score (nSPS) is 19.0. The molecule has 1 saturated heterocycles. The molecule has 0 bridgehead atoms. The van der Waals surface area contributed by atoms with Gasteiger partial charge >= 0.3 is 6.03 Å². The summed E-state index contributed by atoms with van der Waals surface area (Å²) in [4.78, 5) is 12.6. The Morgan fingerprint density at radius 1 is 0.833 bits per heavy atom. The first kappa shape index (κ1) is 33.0. The van der Waals surface area contributed by atoms with Gasteiger partial charge in [0.05, 0.1) is 18.8 Å². The standard InChI is InChI=1S/C38H37N3O6S/c1-26-34(25-48-35-9-5-6-22-41(35)44)46-37(47-36(26)29-14-12-28(24-42)13-15-29)30-16-10-27(11-17-30)23-39-38(43)40-31-18-20-33(21-19-31)45-32-7-3-2-4-8-32/h2-22,26,34,36-37,42H,23-25H2,1H3,(H2,39,40,43)/t26-,34+,36+,37+/m1/s1. The molecule has 0 radical (unpaired) electrons. The van der Waals surface area contributed by atoms with Crippen LogP contribution in [0, 0.1) is 11.1 Å². The third-order valence-corrected chi connectivity index (χ3v) is 9.21. The van der Waals surface area contributed by atoms with Crippen molar-refractivity contribution in [2.75, 3.05) is 11.1 Å². The van der Waals surface area contributed by atoms with Gasteiger partial charge in [-0.25, -0.2) is 4.79 Å². The Bertz CT molecular complexity index is 1770. The summed E-state index contributed by atoms with van der Waals surface area (Å²) < 4.78 is 19.7. The van der Waals surface area contributed by atoms with E-state index in [0.717, 1.165) is 32.7 Å². The molecule has 1 aliphatic rings. The van der Waals surface area contributed by atoms with E-state index in [4.69, 9.17) is 14.2 Å². The number of aliphatic hydroxyl groups excluding tert-OH is 1. The van der Waals surface area contributed by atoms with Gasteiger partial charge in [0, 0.05) is 41.6 Å². The molecule has 6 rings (SSSR count). The van der Waals surface area contributed by atoms with Crippen LogP contribution in [0.2, 0.25) is 0 Å². The summed E-state index contributed by atoms with van der Waals surface area (Å²) in [6.07, 6.45) is 0.385. The first-order valence-electron chi connectivity index (χ1n) is 15.7. The first-order chi connectivity index (χ1) is 23.4.